The number of rotatable bonds is 2. The van der Waals surface area contributed by atoms with Crippen LogP contribution in [0, 0.1) is 5.92 Å². The van der Waals surface area contributed by atoms with Crippen molar-refractivity contribution in [3.63, 3.8) is 0 Å². The monoisotopic (exact) mass is 265 g/mol. The lowest BCUT2D eigenvalue weighted by Gasteiger charge is -2.42. The van der Waals surface area contributed by atoms with E-state index in [1.54, 1.807) is 0 Å². The molecule has 3 unspecified atom stereocenters. The van der Waals surface area contributed by atoms with Crippen molar-refractivity contribution in [3.8, 4) is 0 Å². The fraction of sp³-hybridized carbons (Fsp3) is 1.00. The lowest BCUT2D eigenvalue weighted by atomic mass is 9.89. The summed E-state index contributed by atoms with van der Waals surface area (Å²) in [6.45, 7) is 11.2. The molecule has 3 nitrogen and oxygen atoms in total. The molecule has 3 aliphatic heterocycles. The lowest BCUT2D eigenvalue weighted by molar-refractivity contribution is 0.0687. The van der Waals surface area contributed by atoms with Crippen LogP contribution in [-0.4, -0.2) is 60.6 Å². The second kappa shape index (κ2) is 6.11. The predicted molar refractivity (Wildman–Crippen MR) is 80.4 cm³/mol. The topological polar surface area (TPSA) is 18.5 Å². The van der Waals surface area contributed by atoms with Gasteiger partial charge < -0.3 is 10.2 Å². The molecule has 0 aromatic carbocycles. The molecule has 110 valence electrons. The highest BCUT2D eigenvalue weighted by atomic mass is 15.2. The van der Waals surface area contributed by atoms with Gasteiger partial charge in [0.15, 0.2) is 0 Å². The Hall–Kier alpha value is -0.120. The van der Waals surface area contributed by atoms with Crippen LogP contribution in [0.5, 0.6) is 0 Å². The smallest absolute Gasteiger partial charge is 0.0263 e. The van der Waals surface area contributed by atoms with Gasteiger partial charge in [-0.05, 0) is 78.0 Å². The summed E-state index contributed by atoms with van der Waals surface area (Å²) in [5.41, 5.74) is 0. The van der Waals surface area contributed by atoms with Gasteiger partial charge in [-0.3, -0.25) is 4.90 Å². The maximum Gasteiger partial charge on any atom is 0.0263 e. The molecule has 3 aliphatic rings. The SMILES string of the molecule is CC(C)N1CCCC(N2CCCC3CNCC32)CC1. The maximum atomic E-state index is 3.62. The molecule has 19 heavy (non-hydrogen) atoms. The Morgan fingerprint density at radius 2 is 1.79 bits per heavy atom. The predicted octanol–water partition coefficient (Wildman–Crippen LogP) is 1.93. The molecule has 0 radical (unpaired) electrons. The number of piperidine rings is 1. The Balaban J connectivity index is 1.62. The number of nitrogens with zero attached hydrogens (tertiary/aromatic N) is 2. The van der Waals surface area contributed by atoms with Crippen LogP contribution in [0.2, 0.25) is 0 Å². The van der Waals surface area contributed by atoms with E-state index < -0.39 is 0 Å². The van der Waals surface area contributed by atoms with Gasteiger partial charge in [-0.1, -0.05) is 0 Å². The van der Waals surface area contributed by atoms with E-state index in [1.165, 1.54) is 64.8 Å². The zero-order valence-corrected chi connectivity index (χ0v) is 12.8. The van der Waals surface area contributed by atoms with E-state index in [4.69, 9.17) is 0 Å². The van der Waals surface area contributed by atoms with Crippen molar-refractivity contribution in [2.45, 2.75) is 64.1 Å². The van der Waals surface area contributed by atoms with Crippen LogP contribution in [-0.2, 0) is 0 Å². The zero-order chi connectivity index (χ0) is 13.2. The molecular formula is C16H31N3. The minimum atomic E-state index is 0.723. The molecule has 0 spiro atoms. The highest BCUT2D eigenvalue weighted by Crippen LogP contribution is 2.31. The highest BCUT2D eigenvalue weighted by Gasteiger charge is 2.38. The van der Waals surface area contributed by atoms with E-state index in [9.17, 15) is 0 Å². The van der Waals surface area contributed by atoms with Crippen LogP contribution in [0.1, 0.15) is 46.0 Å². The first kappa shape index (κ1) is 13.8. The van der Waals surface area contributed by atoms with Gasteiger partial charge >= 0.3 is 0 Å². The average molecular weight is 265 g/mol. The molecule has 0 saturated carbocycles. The van der Waals surface area contributed by atoms with Crippen LogP contribution in [0.4, 0.5) is 0 Å². The Labute approximate surface area is 118 Å². The zero-order valence-electron chi connectivity index (χ0n) is 12.8. The third-order valence-corrected chi connectivity index (χ3v) is 5.65. The van der Waals surface area contributed by atoms with Gasteiger partial charge in [0.2, 0.25) is 0 Å². The van der Waals surface area contributed by atoms with E-state index in [-0.39, 0.29) is 0 Å². The van der Waals surface area contributed by atoms with Crippen molar-refractivity contribution in [2.75, 3.05) is 32.7 Å². The number of fused-ring (bicyclic) bond motifs is 1. The minimum Gasteiger partial charge on any atom is -0.315 e. The first-order valence-electron chi connectivity index (χ1n) is 8.46. The molecule has 3 fully saturated rings. The molecule has 3 heteroatoms. The molecule has 1 N–H and O–H groups in total. The van der Waals surface area contributed by atoms with E-state index >= 15 is 0 Å². The Morgan fingerprint density at radius 1 is 0.947 bits per heavy atom. The van der Waals surface area contributed by atoms with Gasteiger partial charge in [0.05, 0.1) is 0 Å². The maximum absolute atomic E-state index is 3.62. The quantitative estimate of drug-likeness (QED) is 0.823. The van der Waals surface area contributed by atoms with Crippen molar-refractivity contribution in [2.24, 2.45) is 5.92 Å². The molecule has 0 aliphatic carbocycles. The van der Waals surface area contributed by atoms with Gasteiger partial charge in [0.25, 0.3) is 0 Å². The summed E-state index contributed by atoms with van der Waals surface area (Å²) in [4.78, 5) is 5.56. The normalized spacial score (nSPS) is 38.4. The van der Waals surface area contributed by atoms with E-state index in [2.05, 4.69) is 29.0 Å². The second-order valence-electron chi connectivity index (χ2n) is 7.08. The summed E-state index contributed by atoms with van der Waals surface area (Å²) in [6, 6.07) is 2.43. The van der Waals surface area contributed by atoms with Crippen LogP contribution in [0.15, 0.2) is 0 Å². The minimum absolute atomic E-state index is 0.723. The van der Waals surface area contributed by atoms with Crippen molar-refractivity contribution < 1.29 is 0 Å². The van der Waals surface area contributed by atoms with Crippen molar-refractivity contribution >= 4 is 0 Å². The summed E-state index contributed by atoms with van der Waals surface area (Å²) < 4.78 is 0. The van der Waals surface area contributed by atoms with E-state index in [0.717, 1.165) is 24.0 Å². The van der Waals surface area contributed by atoms with Crippen molar-refractivity contribution in [3.05, 3.63) is 0 Å². The highest BCUT2D eigenvalue weighted by molar-refractivity contribution is 4.95. The second-order valence-corrected chi connectivity index (χ2v) is 7.08. The standard InChI is InChI=1S/C16H31N3/c1-13(2)18-8-4-6-15(7-10-18)19-9-3-5-14-11-17-12-16(14)19/h13-17H,3-12H2,1-2H3. The van der Waals surface area contributed by atoms with Crippen molar-refractivity contribution in [1.29, 1.82) is 0 Å². The summed E-state index contributed by atoms with van der Waals surface area (Å²) in [6.07, 6.45) is 7.09. The molecule has 0 amide bonds. The van der Waals surface area contributed by atoms with Crippen LogP contribution in [0.3, 0.4) is 0 Å². The number of hydrogen-bond donors (Lipinski definition) is 1. The number of hydrogen-bond acceptors (Lipinski definition) is 3. The third kappa shape index (κ3) is 2.98. The van der Waals surface area contributed by atoms with Gasteiger partial charge in [-0.2, -0.15) is 0 Å². The fourth-order valence-corrected chi connectivity index (χ4v) is 4.51. The summed E-state index contributed by atoms with van der Waals surface area (Å²) in [5.74, 6) is 0.943. The lowest BCUT2D eigenvalue weighted by Crippen LogP contribution is -2.50. The van der Waals surface area contributed by atoms with Gasteiger partial charge in [-0.25, -0.2) is 0 Å². The van der Waals surface area contributed by atoms with Crippen molar-refractivity contribution in [1.82, 2.24) is 15.1 Å². The molecule has 3 rings (SSSR count). The average Bonchev–Trinajstić information content (AvgIpc) is 2.74. The molecule has 0 bridgehead atoms. The van der Waals surface area contributed by atoms with Gasteiger partial charge in [0, 0.05) is 24.7 Å². The van der Waals surface area contributed by atoms with Crippen LogP contribution < -0.4 is 5.32 Å². The summed E-state index contributed by atoms with van der Waals surface area (Å²) in [7, 11) is 0. The molecule has 3 saturated heterocycles. The molecular weight excluding hydrogens is 234 g/mol. The fourth-order valence-electron chi connectivity index (χ4n) is 4.51. The first-order valence-corrected chi connectivity index (χ1v) is 8.46. The number of likely N-dealkylation sites (tertiary alicyclic amines) is 2. The van der Waals surface area contributed by atoms with Crippen LogP contribution in [0.25, 0.3) is 0 Å². The van der Waals surface area contributed by atoms with Crippen LogP contribution >= 0.6 is 0 Å². The van der Waals surface area contributed by atoms with E-state index in [0.29, 0.717) is 0 Å². The molecule has 0 aromatic rings. The Morgan fingerprint density at radius 3 is 2.63 bits per heavy atom. The van der Waals surface area contributed by atoms with Gasteiger partial charge in [-0.15, -0.1) is 0 Å². The number of nitrogens with one attached hydrogen (secondary N) is 1. The third-order valence-electron chi connectivity index (χ3n) is 5.65. The Bertz CT molecular complexity index is 292. The largest absolute Gasteiger partial charge is 0.315 e. The summed E-state index contributed by atoms with van der Waals surface area (Å²) in [5, 5.41) is 3.62. The first-order chi connectivity index (χ1) is 9.25. The van der Waals surface area contributed by atoms with E-state index in [1.807, 2.05) is 0 Å². The molecule has 3 atom stereocenters. The van der Waals surface area contributed by atoms with Gasteiger partial charge in [0.1, 0.15) is 0 Å². The molecule has 3 heterocycles. The Kier molecular flexibility index (Phi) is 4.45. The molecule has 0 aromatic heterocycles. The summed E-state index contributed by atoms with van der Waals surface area (Å²) >= 11 is 0.